The van der Waals surface area contributed by atoms with Gasteiger partial charge in [0.05, 0.1) is 18.1 Å². The average Bonchev–Trinajstić information content (AvgIpc) is 2.63. The van der Waals surface area contributed by atoms with E-state index in [2.05, 4.69) is 5.32 Å². The maximum atomic E-state index is 12.3. The Morgan fingerprint density at radius 2 is 1.95 bits per heavy atom. The summed E-state index contributed by atoms with van der Waals surface area (Å²) in [6.07, 6.45) is 0. The summed E-state index contributed by atoms with van der Waals surface area (Å²) in [7, 11) is 1.45. The molecule has 21 heavy (non-hydrogen) atoms. The second-order valence-electron chi connectivity index (χ2n) is 5.01. The zero-order valence-corrected chi connectivity index (χ0v) is 11.7. The van der Waals surface area contributed by atoms with Gasteiger partial charge in [0.15, 0.2) is 0 Å². The molecule has 0 aromatic heterocycles. The molecule has 1 N–H and O–H groups in total. The van der Waals surface area contributed by atoms with E-state index in [-0.39, 0.29) is 24.7 Å². The minimum Gasteiger partial charge on any atom is -0.382 e. The van der Waals surface area contributed by atoms with Gasteiger partial charge in [-0.05, 0) is 12.5 Å². The third kappa shape index (κ3) is 2.84. The summed E-state index contributed by atoms with van der Waals surface area (Å²) in [5.41, 5.74) is -0.488. The van der Waals surface area contributed by atoms with Crippen molar-refractivity contribution in [3.63, 3.8) is 0 Å². The molecule has 2 rings (SSSR count). The lowest BCUT2D eigenvalue weighted by Crippen LogP contribution is -2.47. The Morgan fingerprint density at radius 3 is 2.48 bits per heavy atom. The Bertz CT molecular complexity index is 586. The molecule has 1 saturated heterocycles. The van der Waals surface area contributed by atoms with Crippen molar-refractivity contribution in [1.82, 2.24) is 10.2 Å². The lowest BCUT2D eigenvalue weighted by Gasteiger charge is -2.20. The van der Waals surface area contributed by atoms with Crippen LogP contribution in [0.25, 0.3) is 0 Å². The number of carbonyl (C=O) groups excluding carboxylic acids is 2. The van der Waals surface area contributed by atoms with Crippen molar-refractivity contribution >= 4 is 17.6 Å². The molecule has 1 unspecified atom stereocenters. The maximum Gasteiger partial charge on any atom is 0.325 e. The van der Waals surface area contributed by atoms with E-state index in [4.69, 9.17) is 4.74 Å². The minimum absolute atomic E-state index is 0.0415. The highest BCUT2D eigenvalue weighted by molar-refractivity contribution is 6.06. The highest BCUT2D eigenvalue weighted by Crippen LogP contribution is 2.21. The second-order valence-corrected chi connectivity index (χ2v) is 5.01. The van der Waals surface area contributed by atoms with Gasteiger partial charge < -0.3 is 10.1 Å². The number of hydrogen-bond acceptors (Lipinski definition) is 5. The molecule has 0 spiro atoms. The molecule has 0 saturated carbocycles. The van der Waals surface area contributed by atoms with Crippen LogP contribution in [0.1, 0.15) is 12.5 Å². The van der Waals surface area contributed by atoms with Gasteiger partial charge in [-0.25, -0.2) is 4.79 Å². The van der Waals surface area contributed by atoms with Crippen LogP contribution in [0, 0.1) is 10.1 Å². The number of methoxy groups -OCH3 is 1. The molecule has 8 heteroatoms. The largest absolute Gasteiger partial charge is 0.382 e. The first-order valence-electron chi connectivity index (χ1n) is 6.24. The molecule has 0 aliphatic carbocycles. The predicted molar refractivity (Wildman–Crippen MR) is 72.5 cm³/mol. The molecule has 1 aliphatic rings. The first-order chi connectivity index (χ1) is 9.87. The fourth-order valence-electron chi connectivity index (χ4n) is 2.18. The number of carbonyl (C=O) groups is 2. The van der Waals surface area contributed by atoms with Crippen molar-refractivity contribution in [3.05, 3.63) is 39.9 Å². The van der Waals surface area contributed by atoms with E-state index in [9.17, 15) is 19.7 Å². The summed E-state index contributed by atoms with van der Waals surface area (Å²) >= 11 is 0. The van der Waals surface area contributed by atoms with Gasteiger partial charge in [0, 0.05) is 19.2 Å². The summed E-state index contributed by atoms with van der Waals surface area (Å²) in [6.45, 7) is 1.73. The third-order valence-electron chi connectivity index (χ3n) is 3.27. The van der Waals surface area contributed by atoms with Gasteiger partial charge in [-0.15, -0.1) is 0 Å². The van der Waals surface area contributed by atoms with Crippen LogP contribution >= 0.6 is 0 Å². The number of benzene rings is 1. The van der Waals surface area contributed by atoms with E-state index in [0.717, 1.165) is 4.90 Å². The number of ether oxygens (including phenoxy) is 1. The molecule has 112 valence electrons. The molecule has 1 aromatic carbocycles. The number of urea groups is 1. The van der Waals surface area contributed by atoms with Crippen LogP contribution < -0.4 is 5.32 Å². The number of non-ortho nitro benzene ring substituents is 1. The third-order valence-corrected chi connectivity index (χ3v) is 3.27. The van der Waals surface area contributed by atoms with Crippen LogP contribution in [0.15, 0.2) is 24.3 Å². The minimum atomic E-state index is -1.08. The topological polar surface area (TPSA) is 102 Å². The van der Waals surface area contributed by atoms with Gasteiger partial charge in [0.2, 0.25) is 0 Å². The first-order valence-corrected chi connectivity index (χ1v) is 6.24. The van der Waals surface area contributed by atoms with Crippen molar-refractivity contribution in [2.75, 3.05) is 13.7 Å². The van der Waals surface area contributed by atoms with E-state index in [1.54, 1.807) is 6.92 Å². The fraction of sp³-hybridized carbons (Fsp3) is 0.385. The lowest BCUT2D eigenvalue weighted by molar-refractivity contribution is -0.384. The summed E-state index contributed by atoms with van der Waals surface area (Å²) in [6, 6.07) is 5.21. The standard InChI is InChI=1S/C13H15N3O5/c1-13(8-21-2)11(17)15(12(18)14-13)7-9-3-5-10(6-4-9)16(19)20/h3-6H,7-8H2,1-2H3,(H,14,18). The van der Waals surface area contributed by atoms with Crippen molar-refractivity contribution in [3.8, 4) is 0 Å². The quantitative estimate of drug-likeness (QED) is 0.496. The van der Waals surface area contributed by atoms with Gasteiger partial charge in [0.1, 0.15) is 5.54 Å². The smallest absolute Gasteiger partial charge is 0.325 e. The number of amides is 3. The zero-order valence-electron chi connectivity index (χ0n) is 11.7. The summed E-state index contributed by atoms with van der Waals surface area (Å²) < 4.78 is 4.95. The zero-order chi connectivity index (χ0) is 15.6. The van der Waals surface area contributed by atoms with E-state index >= 15 is 0 Å². The van der Waals surface area contributed by atoms with Gasteiger partial charge in [-0.2, -0.15) is 0 Å². The van der Waals surface area contributed by atoms with Crippen LogP contribution in [-0.2, 0) is 16.1 Å². The summed E-state index contributed by atoms with van der Waals surface area (Å²) in [5, 5.41) is 13.2. The molecule has 3 amide bonds. The Kier molecular flexibility index (Phi) is 3.90. The van der Waals surface area contributed by atoms with Crippen molar-refractivity contribution in [2.24, 2.45) is 0 Å². The van der Waals surface area contributed by atoms with Crippen LogP contribution in [0.4, 0.5) is 10.5 Å². The fourth-order valence-corrected chi connectivity index (χ4v) is 2.18. The van der Waals surface area contributed by atoms with Gasteiger partial charge >= 0.3 is 6.03 Å². The number of nitro benzene ring substituents is 1. The molecular weight excluding hydrogens is 278 g/mol. The number of hydrogen-bond donors (Lipinski definition) is 1. The number of imide groups is 1. The van der Waals surface area contributed by atoms with Gasteiger partial charge in [0.25, 0.3) is 11.6 Å². The normalized spacial score (nSPS) is 21.5. The monoisotopic (exact) mass is 293 g/mol. The highest BCUT2D eigenvalue weighted by Gasteiger charge is 2.47. The molecule has 1 aromatic rings. The Hall–Kier alpha value is -2.48. The van der Waals surface area contributed by atoms with Crippen LogP contribution in [0.2, 0.25) is 0 Å². The first kappa shape index (κ1) is 14.9. The highest BCUT2D eigenvalue weighted by atomic mass is 16.6. The lowest BCUT2D eigenvalue weighted by atomic mass is 10.0. The van der Waals surface area contributed by atoms with E-state index in [1.165, 1.54) is 31.4 Å². The van der Waals surface area contributed by atoms with Gasteiger partial charge in [-0.1, -0.05) is 12.1 Å². The van der Waals surface area contributed by atoms with Crippen molar-refractivity contribution < 1.29 is 19.2 Å². The number of nitro groups is 1. The van der Waals surface area contributed by atoms with E-state index in [0.29, 0.717) is 5.56 Å². The van der Waals surface area contributed by atoms with Gasteiger partial charge in [-0.3, -0.25) is 19.8 Å². The summed E-state index contributed by atoms with van der Waals surface area (Å²) in [4.78, 5) is 35.3. The number of nitrogens with one attached hydrogen (secondary N) is 1. The molecule has 0 bridgehead atoms. The van der Waals surface area contributed by atoms with E-state index in [1.807, 2.05) is 0 Å². The molecule has 1 heterocycles. The molecule has 1 atom stereocenters. The van der Waals surface area contributed by atoms with Crippen LogP contribution in [0.3, 0.4) is 0 Å². The Labute approximate surface area is 120 Å². The molecule has 1 fully saturated rings. The second kappa shape index (κ2) is 5.49. The van der Waals surface area contributed by atoms with Crippen molar-refractivity contribution in [1.29, 1.82) is 0 Å². The van der Waals surface area contributed by atoms with Crippen LogP contribution in [-0.4, -0.2) is 41.0 Å². The Balaban J connectivity index is 2.14. The van der Waals surface area contributed by atoms with E-state index < -0.39 is 16.5 Å². The van der Waals surface area contributed by atoms with Crippen LogP contribution in [0.5, 0.6) is 0 Å². The molecule has 8 nitrogen and oxygen atoms in total. The molecular formula is C13H15N3O5. The maximum absolute atomic E-state index is 12.3. The summed E-state index contributed by atoms with van der Waals surface area (Å²) in [5.74, 6) is -0.382. The number of rotatable bonds is 5. The average molecular weight is 293 g/mol. The molecule has 0 radical (unpaired) electrons. The SMILES string of the molecule is COCC1(C)NC(=O)N(Cc2ccc([N+](=O)[O-])cc2)C1=O. The number of nitrogens with zero attached hydrogens (tertiary/aromatic N) is 2. The van der Waals surface area contributed by atoms with Crippen molar-refractivity contribution in [2.45, 2.75) is 19.0 Å². The molecule has 1 aliphatic heterocycles. The Morgan fingerprint density at radius 1 is 1.33 bits per heavy atom. The predicted octanol–water partition coefficient (Wildman–Crippen LogP) is 1.05.